The van der Waals surface area contributed by atoms with Crippen LogP contribution in [0.3, 0.4) is 0 Å². The van der Waals surface area contributed by atoms with Gasteiger partial charge in [-0.15, -0.1) is 0 Å². The number of benzene rings is 2. The number of nitrogens with one attached hydrogen (secondary N) is 1. The fourth-order valence-corrected chi connectivity index (χ4v) is 4.56. The summed E-state index contributed by atoms with van der Waals surface area (Å²) in [5.41, 5.74) is 3.67. The van der Waals surface area contributed by atoms with Crippen LogP contribution in [0.1, 0.15) is 42.6 Å². The largest absolute Gasteiger partial charge is 0.484 e. The van der Waals surface area contributed by atoms with Gasteiger partial charge in [-0.05, 0) is 68.5 Å². The van der Waals surface area contributed by atoms with Crippen molar-refractivity contribution < 1.29 is 23.8 Å². The van der Waals surface area contributed by atoms with E-state index in [0.717, 1.165) is 27.7 Å². The van der Waals surface area contributed by atoms with E-state index in [1.54, 1.807) is 6.07 Å². The van der Waals surface area contributed by atoms with E-state index in [9.17, 15) is 19.1 Å². The van der Waals surface area contributed by atoms with Crippen molar-refractivity contribution in [3.05, 3.63) is 65.1 Å². The molecule has 1 heterocycles. The number of ether oxygens (including phenoxy) is 1. The van der Waals surface area contributed by atoms with E-state index in [1.165, 1.54) is 12.1 Å². The van der Waals surface area contributed by atoms with Gasteiger partial charge >= 0.3 is 5.97 Å². The van der Waals surface area contributed by atoms with Crippen molar-refractivity contribution in [2.75, 3.05) is 6.61 Å². The van der Waals surface area contributed by atoms with E-state index in [-0.39, 0.29) is 24.4 Å². The third-order valence-corrected chi connectivity index (χ3v) is 6.10. The summed E-state index contributed by atoms with van der Waals surface area (Å²) in [5.74, 6) is -0.848. The third-order valence-electron chi connectivity index (χ3n) is 6.10. The van der Waals surface area contributed by atoms with Crippen molar-refractivity contribution in [2.45, 2.75) is 51.6 Å². The SMILES string of the molecule is CCC(C(=O)O)n1c2c(c3cc(F)ccc31)CC(NC(=O)COc1ccc(C)cc1)CC2. The molecule has 2 N–H and O–H groups in total. The molecule has 0 saturated carbocycles. The van der Waals surface area contributed by atoms with Gasteiger partial charge in [-0.1, -0.05) is 24.6 Å². The lowest BCUT2D eigenvalue weighted by molar-refractivity contribution is -0.141. The van der Waals surface area contributed by atoms with Gasteiger partial charge in [-0.2, -0.15) is 0 Å². The van der Waals surface area contributed by atoms with Crippen LogP contribution in [0.15, 0.2) is 42.5 Å². The highest BCUT2D eigenvalue weighted by Gasteiger charge is 2.31. The van der Waals surface area contributed by atoms with Gasteiger partial charge in [0.2, 0.25) is 0 Å². The number of carboxylic acid groups (broad SMARTS) is 1. The van der Waals surface area contributed by atoms with Crippen LogP contribution in [0.2, 0.25) is 0 Å². The number of carbonyl (C=O) groups is 2. The topological polar surface area (TPSA) is 80.6 Å². The van der Waals surface area contributed by atoms with Crippen LogP contribution in [-0.4, -0.2) is 34.2 Å². The minimum Gasteiger partial charge on any atom is -0.484 e. The van der Waals surface area contributed by atoms with Crippen LogP contribution in [0.4, 0.5) is 4.39 Å². The number of hydrogen-bond donors (Lipinski definition) is 2. The molecule has 3 aromatic rings. The zero-order valence-corrected chi connectivity index (χ0v) is 18.2. The first-order valence-corrected chi connectivity index (χ1v) is 10.9. The summed E-state index contributed by atoms with van der Waals surface area (Å²) in [5, 5.41) is 13.5. The van der Waals surface area contributed by atoms with Crippen LogP contribution < -0.4 is 10.1 Å². The third kappa shape index (κ3) is 4.33. The molecule has 168 valence electrons. The normalized spacial score (nSPS) is 16.4. The maximum absolute atomic E-state index is 14.0. The van der Waals surface area contributed by atoms with Crippen molar-refractivity contribution in [1.82, 2.24) is 9.88 Å². The molecule has 4 rings (SSSR count). The zero-order chi connectivity index (χ0) is 22.8. The molecule has 2 atom stereocenters. The molecule has 2 unspecified atom stereocenters. The molecule has 6 nitrogen and oxygen atoms in total. The minimum atomic E-state index is -0.903. The number of nitrogens with zero attached hydrogens (tertiary/aromatic N) is 1. The van der Waals surface area contributed by atoms with Crippen molar-refractivity contribution in [2.24, 2.45) is 0 Å². The van der Waals surface area contributed by atoms with E-state index >= 15 is 0 Å². The summed E-state index contributed by atoms with van der Waals surface area (Å²) in [7, 11) is 0. The predicted molar refractivity (Wildman–Crippen MR) is 119 cm³/mol. The molecule has 2 aromatic carbocycles. The second-order valence-electron chi connectivity index (χ2n) is 8.33. The van der Waals surface area contributed by atoms with Crippen LogP contribution in [0.25, 0.3) is 10.9 Å². The summed E-state index contributed by atoms with van der Waals surface area (Å²) >= 11 is 0. The van der Waals surface area contributed by atoms with E-state index in [1.807, 2.05) is 42.7 Å². The molecule has 1 aromatic heterocycles. The van der Waals surface area contributed by atoms with Crippen molar-refractivity contribution in [3.8, 4) is 5.75 Å². The standard InChI is InChI=1S/C25H27FN2O4/c1-3-21(25(30)31)28-22-10-6-16(26)12-19(22)20-13-17(7-11-23(20)28)27-24(29)14-32-18-8-4-15(2)5-9-18/h4-6,8-10,12,17,21H,3,7,11,13-14H2,1-2H3,(H,27,29)(H,30,31). The van der Waals surface area contributed by atoms with E-state index in [4.69, 9.17) is 4.74 Å². The van der Waals surface area contributed by atoms with Crippen LogP contribution in [-0.2, 0) is 22.4 Å². The van der Waals surface area contributed by atoms with Gasteiger partial charge in [0.1, 0.15) is 17.6 Å². The molecule has 0 saturated heterocycles. The molecule has 7 heteroatoms. The first-order chi connectivity index (χ1) is 15.4. The Bertz CT molecular complexity index is 1150. The predicted octanol–water partition coefficient (Wildman–Crippen LogP) is 4.18. The second-order valence-corrected chi connectivity index (χ2v) is 8.33. The number of aromatic nitrogens is 1. The van der Waals surface area contributed by atoms with Gasteiger partial charge in [-0.25, -0.2) is 9.18 Å². The Labute approximate surface area is 186 Å². The average molecular weight is 438 g/mol. The van der Waals surface area contributed by atoms with Crippen LogP contribution in [0.5, 0.6) is 5.75 Å². The second kappa shape index (κ2) is 9.02. The summed E-state index contributed by atoms with van der Waals surface area (Å²) in [6, 6.07) is 11.1. The van der Waals surface area contributed by atoms with E-state index in [2.05, 4.69) is 5.32 Å². The van der Waals surface area contributed by atoms with Crippen LogP contribution >= 0.6 is 0 Å². The van der Waals surface area contributed by atoms with Gasteiger partial charge in [-0.3, -0.25) is 4.79 Å². The highest BCUT2D eigenvalue weighted by molar-refractivity contribution is 5.88. The maximum Gasteiger partial charge on any atom is 0.326 e. The first-order valence-electron chi connectivity index (χ1n) is 10.9. The average Bonchev–Trinajstić information content (AvgIpc) is 3.07. The molecule has 1 aliphatic rings. The van der Waals surface area contributed by atoms with Gasteiger partial charge in [0, 0.05) is 22.6 Å². The van der Waals surface area contributed by atoms with Crippen molar-refractivity contribution >= 4 is 22.8 Å². The van der Waals surface area contributed by atoms with E-state index < -0.39 is 12.0 Å². The molecular weight excluding hydrogens is 411 g/mol. The highest BCUT2D eigenvalue weighted by Crippen LogP contribution is 2.36. The summed E-state index contributed by atoms with van der Waals surface area (Å²) in [6.45, 7) is 3.73. The monoisotopic (exact) mass is 438 g/mol. The molecule has 0 aliphatic heterocycles. The first kappa shape index (κ1) is 21.9. The fraction of sp³-hybridized carbons (Fsp3) is 0.360. The Kier molecular flexibility index (Phi) is 6.17. The van der Waals surface area contributed by atoms with Crippen molar-refractivity contribution in [3.63, 3.8) is 0 Å². The summed E-state index contributed by atoms with van der Waals surface area (Å²) in [4.78, 5) is 24.3. The highest BCUT2D eigenvalue weighted by atomic mass is 19.1. The Balaban J connectivity index is 1.53. The number of carboxylic acids is 1. The Morgan fingerprint density at radius 3 is 2.69 bits per heavy atom. The lowest BCUT2D eigenvalue weighted by Crippen LogP contribution is -2.41. The number of hydrogen-bond acceptors (Lipinski definition) is 3. The molecule has 1 aliphatic carbocycles. The van der Waals surface area contributed by atoms with Gasteiger partial charge in [0.05, 0.1) is 0 Å². The Morgan fingerprint density at radius 2 is 2.00 bits per heavy atom. The number of carbonyl (C=O) groups excluding carboxylic acids is 1. The van der Waals surface area contributed by atoms with E-state index in [0.29, 0.717) is 31.4 Å². The molecule has 0 spiro atoms. The van der Waals surface area contributed by atoms with Crippen LogP contribution in [0, 0.1) is 12.7 Å². The molecule has 0 fully saturated rings. The number of amides is 1. The molecule has 32 heavy (non-hydrogen) atoms. The molecule has 0 radical (unpaired) electrons. The molecule has 1 amide bonds. The zero-order valence-electron chi connectivity index (χ0n) is 18.2. The summed E-state index contributed by atoms with van der Waals surface area (Å²) < 4.78 is 21.4. The lowest BCUT2D eigenvalue weighted by atomic mass is 9.91. The van der Waals surface area contributed by atoms with Gasteiger partial charge in [0.15, 0.2) is 6.61 Å². The smallest absolute Gasteiger partial charge is 0.326 e. The number of halogens is 1. The number of aliphatic carboxylic acids is 1. The lowest BCUT2D eigenvalue weighted by Gasteiger charge is -2.26. The Morgan fingerprint density at radius 1 is 1.25 bits per heavy atom. The maximum atomic E-state index is 14.0. The van der Waals surface area contributed by atoms with Crippen molar-refractivity contribution in [1.29, 1.82) is 0 Å². The number of rotatable bonds is 7. The molecule has 0 bridgehead atoms. The minimum absolute atomic E-state index is 0.0836. The van der Waals surface area contributed by atoms with Gasteiger partial charge in [0.25, 0.3) is 5.91 Å². The Hall–Kier alpha value is -3.35. The number of fused-ring (bicyclic) bond motifs is 3. The summed E-state index contributed by atoms with van der Waals surface area (Å²) in [6.07, 6.45) is 2.24. The number of aryl methyl sites for hydroxylation is 1. The quantitative estimate of drug-likeness (QED) is 0.580. The fourth-order valence-electron chi connectivity index (χ4n) is 4.56. The molecular formula is C25H27FN2O4. The van der Waals surface area contributed by atoms with Gasteiger partial charge < -0.3 is 19.7 Å².